The minimum Gasteiger partial charge on any atom is -0.481 e. The molecule has 3 rings (SSSR count). The Morgan fingerprint density at radius 2 is 2.25 bits per heavy atom. The zero-order valence-corrected chi connectivity index (χ0v) is 11.3. The minimum absolute atomic E-state index is 0.144. The van der Waals surface area contributed by atoms with Crippen LogP contribution >= 0.6 is 11.6 Å². The van der Waals surface area contributed by atoms with Crippen LogP contribution in [-0.2, 0) is 6.54 Å². The Labute approximate surface area is 119 Å². The first-order valence-electron chi connectivity index (χ1n) is 5.86. The summed E-state index contributed by atoms with van der Waals surface area (Å²) < 4.78 is 5.20. The van der Waals surface area contributed by atoms with Crippen LogP contribution in [0.15, 0.2) is 24.7 Å². The third kappa shape index (κ3) is 2.35. The summed E-state index contributed by atoms with van der Waals surface area (Å²) >= 11 is 5.87. The molecule has 0 spiro atoms. The van der Waals surface area contributed by atoms with Crippen molar-refractivity contribution >= 4 is 28.6 Å². The number of ether oxygens (including phenoxy) is 1. The molecule has 0 aliphatic carbocycles. The fourth-order valence-electron chi connectivity index (χ4n) is 1.86. The molecule has 0 atom stereocenters. The van der Waals surface area contributed by atoms with Crippen LogP contribution in [0, 0.1) is 0 Å². The van der Waals surface area contributed by atoms with Crippen molar-refractivity contribution in [2.45, 2.75) is 6.54 Å². The van der Waals surface area contributed by atoms with Gasteiger partial charge in [-0.2, -0.15) is 9.97 Å². The van der Waals surface area contributed by atoms with Crippen LogP contribution < -0.4 is 10.1 Å². The summed E-state index contributed by atoms with van der Waals surface area (Å²) in [6.45, 7) is 0.498. The van der Waals surface area contributed by atoms with Gasteiger partial charge in [-0.15, -0.1) is 0 Å². The summed E-state index contributed by atoms with van der Waals surface area (Å²) in [4.78, 5) is 19.3. The van der Waals surface area contributed by atoms with E-state index in [0.717, 1.165) is 5.56 Å². The molecule has 0 amide bonds. The van der Waals surface area contributed by atoms with Crippen LogP contribution in [0.1, 0.15) is 5.56 Å². The van der Waals surface area contributed by atoms with Gasteiger partial charge in [0.25, 0.3) is 0 Å². The zero-order valence-electron chi connectivity index (χ0n) is 10.6. The number of fused-ring (bicyclic) bond motifs is 1. The Hall–Kier alpha value is -2.41. The van der Waals surface area contributed by atoms with Crippen molar-refractivity contribution in [2.75, 3.05) is 12.4 Å². The van der Waals surface area contributed by atoms with Gasteiger partial charge in [0.15, 0.2) is 11.5 Å². The number of aromatic nitrogens is 5. The average Bonchev–Trinajstić information content (AvgIpc) is 2.93. The lowest BCUT2D eigenvalue weighted by Gasteiger charge is -2.09. The number of hydrogen-bond acceptors (Lipinski definition) is 6. The monoisotopic (exact) mass is 290 g/mol. The molecule has 3 heterocycles. The molecule has 102 valence electrons. The topological polar surface area (TPSA) is 88.6 Å². The molecule has 0 radical (unpaired) electrons. The highest BCUT2D eigenvalue weighted by molar-refractivity contribution is 6.28. The van der Waals surface area contributed by atoms with Gasteiger partial charge in [0.1, 0.15) is 5.52 Å². The molecule has 0 fully saturated rings. The van der Waals surface area contributed by atoms with Crippen molar-refractivity contribution in [1.29, 1.82) is 0 Å². The van der Waals surface area contributed by atoms with E-state index in [1.54, 1.807) is 19.6 Å². The van der Waals surface area contributed by atoms with Crippen LogP contribution in [-0.4, -0.2) is 32.0 Å². The summed E-state index contributed by atoms with van der Waals surface area (Å²) in [7, 11) is 1.58. The van der Waals surface area contributed by atoms with Crippen LogP contribution in [0.3, 0.4) is 0 Å². The number of pyridine rings is 1. The molecule has 0 bridgehead atoms. The van der Waals surface area contributed by atoms with Crippen molar-refractivity contribution in [2.24, 2.45) is 0 Å². The highest BCUT2D eigenvalue weighted by Gasteiger charge is 2.10. The number of imidazole rings is 1. The van der Waals surface area contributed by atoms with Crippen molar-refractivity contribution in [3.8, 4) is 5.88 Å². The third-order valence-electron chi connectivity index (χ3n) is 2.75. The summed E-state index contributed by atoms with van der Waals surface area (Å²) in [6, 6.07) is 3.77. The lowest BCUT2D eigenvalue weighted by Crippen LogP contribution is -2.05. The smallest absolute Gasteiger partial charge is 0.226 e. The number of hydrogen-bond donors (Lipinski definition) is 2. The average molecular weight is 291 g/mol. The summed E-state index contributed by atoms with van der Waals surface area (Å²) in [5.41, 5.74) is 2.14. The molecule has 2 N–H and O–H groups in total. The Morgan fingerprint density at radius 1 is 1.35 bits per heavy atom. The number of nitrogens with zero attached hydrogens (tertiary/aromatic N) is 4. The lowest BCUT2D eigenvalue weighted by molar-refractivity contribution is 0.393. The van der Waals surface area contributed by atoms with Gasteiger partial charge in [-0.05, 0) is 17.7 Å². The van der Waals surface area contributed by atoms with Crippen molar-refractivity contribution in [1.82, 2.24) is 24.9 Å². The molecule has 0 aliphatic rings. The largest absolute Gasteiger partial charge is 0.481 e. The maximum atomic E-state index is 5.87. The third-order valence-corrected chi connectivity index (χ3v) is 2.92. The van der Waals surface area contributed by atoms with Gasteiger partial charge < -0.3 is 15.0 Å². The Bertz CT molecular complexity index is 744. The molecule has 0 unspecified atom stereocenters. The first-order valence-corrected chi connectivity index (χ1v) is 6.24. The second-order valence-corrected chi connectivity index (χ2v) is 4.31. The second kappa shape index (κ2) is 5.30. The second-order valence-electron chi connectivity index (χ2n) is 3.97. The van der Waals surface area contributed by atoms with Gasteiger partial charge in [-0.1, -0.05) is 6.07 Å². The fourth-order valence-corrected chi connectivity index (χ4v) is 2.02. The van der Waals surface area contributed by atoms with Gasteiger partial charge in [-0.25, -0.2) is 9.97 Å². The molecule has 0 saturated heterocycles. The highest BCUT2D eigenvalue weighted by Crippen LogP contribution is 2.21. The molecular weight excluding hydrogens is 280 g/mol. The number of methoxy groups -OCH3 is 1. The van der Waals surface area contributed by atoms with E-state index in [-0.39, 0.29) is 5.28 Å². The molecule has 3 aromatic rings. The Morgan fingerprint density at radius 3 is 3.10 bits per heavy atom. The zero-order chi connectivity index (χ0) is 13.9. The van der Waals surface area contributed by atoms with E-state index in [4.69, 9.17) is 16.3 Å². The van der Waals surface area contributed by atoms with Gasteiger partial charge in [-0.3, -0.25) is 0 Å². The maximum Gasteiger partial charge on any atom is 0.226 e. The van der Waals surface area contributed by atoms with E-state index in [1.165, 1.54) is 0 Å². The van der Waals surface area contributed by atoms with Crippen LogP contribution in [0.25, 0.3) is 11.2 Å². The van der Waals surface area contributed by atoms with E-state index >= 15 is 0 Å². The number of H-pyrrole nitrogens is 1. The Balaban J connectivity index is 1.88. The van der Waals surface area contributed by atoms with Gasteiger partial charge in [0.2, 0.25) is 11.2 Å². The molecule has 0 aliphatic heterocycles. The SMILES string of the molecule is COc1ncccc1CNc1nc(Cl)nc2nc[nH]c12. The van der Waals surface area contributed by atoms with Crippen molar-refractivity contribution in [3.05, 3.63) is 35.5 Å². The van der Waals surface area contributed by atoms with E-state index in [1.807, 2.05) is 12.1 Å². The number of rotatable bonds is 4. The van der Waals surface area contributed by atoms with E-state index < -0.39 is 0 Å². The van der Waals surface area contributed by atoms with E-state index in [9.17, 15) is 0 Å². The van der Waals surface area contributed by atoms with Crippen LogP contribution in [0.5, 0.6) is 5.88 Å². The van der Waals surface area contributed by atoms with Crippen molar-refractivity contribution < 1.29 is 4.74 Å². The highest BCUT2D eigenvalue weighted by atomic mass is 35.5. The maximum absolute atomic E-state index is 5.87. The summed E-state index contributed by atoms with van der Waals surface area (Å²) in [5.74, 6) is 1.16. The predicted molar refractivity (Wildman–Crippen MR) is 74.8 cm³/mol. The van der Waals surface area contributed by atoms with E-state index in [2.05, 4.69) is 30.2 Å². The normalized spacial score (nSPS) is 10.7. The van der Waals surface area contributed by atoms with Gasteiger partial charge in [0, 0.05) is 18.3 Å². The first-order chi connectivity index (χ1) is 9.78. The summed E-state index contributed by atoms with van der Waals surface area (Å²) in [5, 5.41) is 3.32. The molecule has 3 aromatic heterocycles. The van der Waals surface area contributed by atoms with Gasteiger partial charge in [0.05, 0.1) is 13.4 Å². The minimum atomic E-state index is 0.144. The predicted octanol–water partition coefficient (Wildman–Crippen LogP) is 2.02. The van der Waals surface area contributed by atoms with Crippen LogP contribution in [0.4, 0.5) is 5.82 Å². The number of aromatic amines is 1. The molecule has 7 nitrogen and oxygen atoms in total. The molecule has 8 heteroatoms. The van der Waals surface area contributed by atoms with Crippen LogP contribution in [0.2, 0.25) is 5.28 Å². The number of halogens is 1. The lowest BCUT2D eigenvalue weighted by atomic mass is 10.2. The molecule has 0 aromatic carbocycles. The first kappa shape index (κ1) is 12.6. The summed E-state index contributed by atoms with van der Waals surface area (Å²) in [6.07, 6.45) is 3.22. The number of anilines is 1. The van der Waals surface area contributed by atoms with E-state index in [0.29, 0.717) is 29.4 Å². The standard InChI is InChI=1S/C12H11ClN6O/c1-20-11-7(3-2-4-14-11)5-15-9-8-10(17-6-16-8)19-12(13)18-9/h2-4,6H,5H2,1H3,(H2,15,16,17,18,19). The molecule has 20 heavy (non-hydrogen) atoms. The van der Waals surface area contributed by atoms with Crippen molar-refractivity contribution in [3.63, 3.8) is 0 Å². The fraction of sp³-hybridized carbons (Fsp3) is 0.167. The Kier molecular flexibility index (Phi) is 3.34. The molecular formula is C12H11ClN6O. The number of nitrogens with one attached hydrogen (secondary N) is 2. The van der Waals surface area contributed by atoms with Gasteiger partial charge >= 0.3 is 0 Å². The molecule has 0 saturated carbocycles. The quantitative estimate of drug-likeness (QED) is 0.715.